The molecule has 0 bridgehead atoms. The average Bonchev–Trinajstić information content (AvgIpc) is 1.41. The molecule has 0 aromatic heterocycles. The van der Waals surface area contributed by atoms with Gasteiger partial charge in [-0.25, -0.2) is 0 Å². The van der Waals surface area contributed by atoms with E-state index in [0.717, 1.165) is 0 Å². The summed E-state index contributed by atoms with van der Waals surface area (Å²) in [6.07, 6.45) is 4.73. The zero-order chi connectivity index (χ0) is 4.12. The Morgan fingerprint density at radius 1 is 1.50 bits per heavy atom. The summed E-state index contributed by atoms with van der Waals surface area (Å²) in [5.74, 6) is 0. The van der Waals surface area contributed by atoms with Crippen LogP contribution < -0.4 is 0 Å². The van der Waals surface area contributed by atoms with E-state index in [0.29, 0.717) is 0 Å². The van der Waals surface area contributed by atoms with Crippen LogP contribution in [0.15, 0.2) is 0 Å². The predicted molar refractivity (Wildman–Crippen MR) is 32.0 cm³/mol. The Morgan fingerprint density at radius 3 is 2.00 bits per heavy atom. The van der Waals surface area contributed by atoms with Crippen molar-refractivity contribution in [2.75, 3.05) is 0 Å². The van der Waals surface area contributed by atoms with Gasteiger partial charge in [0.05, 0.1) is 0 Å². The van der Waals surface area contributed by atoms with E-state index in [1.807, 2.05) is 0 Å². The fourth-order valence-corrected chi connectivity index (χ4v) is 0.289. The molecule has 0 N–H and O–H groups in total. The Hall–Kier alpha value is 0.597. The Kier molecular flexibility index (Phi) is 14.9. The van der Waals surface area contributed by atoms with Gasteiger partial charge >= 0.3 is 18.9 Å². The monoisotopic (exact) mass is 79.1 g/mol. The number of rotatable bonds is 2. The molecule has 0 saturated carbocycles. The van der Waals surface area contributed by atoms with Crippen LogP contribution in [0.4, 0.5) is 0 Å². The molecule has 0 nitrogen and oxygen atoms in total. The molecule has 0 unspecified atom stereocenters. The summed E-state index contributed by atoms with van der Waals surface area (Å²) in [4.78, 5) is 0. The summed E-state index contributed by atoms with van der Waals surface area (Å²) in [6.45, 7) is 4.27. The Balaban J connectivity index is 0. The maximum atomic E-state index is 2.18. The summed E-state index contributed by atoms with van der Waals surface area (Å²) >= 11 is 0. The topological polar surface area (TPSA) is 0 Å². The Labute approximate surface area is 52.5 Å². The van der Waals surface area contributed by atoms with Gasteiger partial charge in [0, 0.05) is 0 Å². The summed E-state index contributed by atoms with van der Waals surface area (Å²) in [5.41, 5.74) is 0. The molecule has 0 saturated heterocycles. The molecule has 0 spiro atoms. The van der Waals surface area contributed by atoms with Crippen molar-refractivity contribution < 1.29 is 0 Å². The average molecular weight is 79.1 g/mol. The van der Waals surface area contributed by atoms with Gasteiger partial charge < -0.3 is 0 Å². The molecule has 0 aromatic carbocycles. The maximum absolute atomic E-state index is 2.18. The van der Waals surface area contributed by atoms with E-state index < -0.39 is 0 Å². The number of unbranched alkanes of at least 4 members (excludes halogenated alkanes) is 2. The van der Waals surface area contributed by atoms with Crippen molar-refractivity contribution >= 4 is 18.9 Å². The standard InChI is InChI=1S/C5H11.Li.H/c1-3-5-4-2;;/h3H,4-5H2,1-2H3;;. The normalized spacial score (nSPS) is 7.00. The molecule has 0 atom stereocenters. The minimum absolute atomic E-state index is 0. The third kappa shape index (κ3) is 8.82. The second-order valence-corrected chi connectivity index (χ2v) is 1.20. The molecular weight excluding hydrogens is 67.0 g/mol. The molecule has 0 fully saturated rings. The first-order valence-electron chi connectivity index (χ1n) is 2.19. The van der Waals surface area contributed by atoms with E-state index in [2.05, 4.69) is 20.3 Å². The van der Waals surface area contributed by atoms with Gasteiger partial charge in [0.25, 0.3) is 0 Å². The van der Waals surface area contributed by atoms with E-state index in [9.17, 15) is 0 Å². The fraction of sp³-hybridized carbons (Fsp3) is 0.800. The van der Waals surface area contributed by atoms with Gasteiger partial charge in [0.2, 0.25) is 0 Å². The molecule has 0 heterocycles. The number of hydrogen-bond acceptors (Lipinski definition) is 0. The second-order valence-electron chi connectivity index (χ2n) is 1.20. The molecule has 1 heteroatoms. The van der Waals surface area contributed by atoms with Gasteiger partial charge in [-0.05, 0) is 6.42 Å². The van der Waals surface area contributed by atoms with Gasteiger partial charge in [-0.15, -0.1) is 0 Å². The van der Waals surface area contributed by atoms with Crippen molar-refractivity contribution in [1.29, 1.82) is 0 Å². The van der Waals surface area contributed by atoms with Gasteiger partial charge in [0.15, 0.2) is 0 Å². The molecule has 0 aliphatic carbocycles. The van der Waals surface area contributed by atoms with Crippen LogP contribution in [0.5, 0.6) is 0 Å². The van der Waals surface area contributed by atoms with Crippen LogP contribution in [0.2, 0.25) is 0 Å². The molecule has 0 amide bonds. The summed E-state index contributed by atoms with van der Waals surface area (Å²) in [6, 6.07) is 0. The van der Waals surface area contributed by atoms with E-state index in [4.69, 9.17) is 0 Å². The van der Waals surface area contributed by atoms with Crippen LogP contribution >= 0.6 is 0 Å². The first-order valence-corrected chi connectivity index (χ1v) is 2.19. The minimum atomic E-state index is 0. The molecule has 0 aromatic rings. The molecule has 0 aliphatic heterocycles. The first-order chi connectivity index (χ1) is 2.41. The van der Waals surface area contributed by atoms with Crippen molar-refractivity contribution in [3.05, 3.63) is 6.42 Å². The Morgan fingerprint density at radius 2 is 2.00 bits per heavy atom. The zero-order valence-electron chi connectivity index (χ0n) is 3.99. The van der Waals surface area contributed by atoms with Crippen molar-refractivity contribution in [3.8, 4) is 0 Å². The van der Waals surface area contributed by atoms with Gasteiger partial charge in [-0.2, -0.15) is 0 Å². The van der Waals surface area contributed by atoms with Crippen LogP contribution in [0, 0.1) is 6.42 Å². The van der Waals surface area contributed by atoms with Crippen molar-refractivity contribution in [1.82, 2.24) is 0 Å². The summed E-state index contributed by atoms with van der Waals surface area (Å²) < 4.78 is 0. The molecule has 0 aliphatic rings. The van der Waals surface area contributed by atoms with E-state index in [-0.39, 0.29) is 18.9 Å². The third-order valence-electron chi connectivity index (χ3n) is 0.577. The summed E-state index contributed by atoms with van der Waals surface area (Å²) in [7, 11) is 0. The van der Waals surface area contributed by atoms with Crippen molar-refractivity contribution in [2.24, 2.45) is 0 Å². The molecule has 33 valence electrons. The number of hydrogen-bond donors (Lipinski definition) is 0. The third-order valence-corrected chi connectivity index (χ3v) is 0.577. The zero-order valence-corrected chi connectivity index (χ0v) is 3.99. The van der Waals surface area contributed by atoms with Gasteiger partial charge in [0.1, 0.15) is 0 Å². The molecule has 1 radical (unpaired) electrons. The van der Waals surface area contributed by atoms with E-state index in [1.165, 1.54) is 12.8 Å². The van der Waals surface area contributed by atoms with Crippen LogP contribution in [-0.4, -0.2) is 18.9 Å². The van der Waals surface area contributed by atoms with Gasteiger partial charge in [-0.3, -0.25) is 0 Å². The van der Waals surface area contributed by atoms with Gasteiger partial charge in [-0.1, -0.05) is 26.7 Å². The van der Waals surface area contributed by atoms with Crippen LogP contribution in [0.25, 0.3) is 0 Å². The molecule has 6 heavy (non-hydrogen) atoms. The molecular formula is C5H12Li. The second kappa shape index (κ2) is 9.14. The van der Waals surface area contributed by atoms with Crippen LogP contribution in [-0.2, 0) is 0 Å². The predicted octanol–water partition coefficient (Wildman–Crippen LogP) is 1.36. The molecule has 0 rings (SSSR count). The Bertz CT molecular complexity index is 11.4. The SMILES string of the molecule is C[CH]CCC.[LiH]. The van der Waals surface area contributed by atoms with E-state index in [1.54, 1.807) is 0 Å². The van der Waals surface area contributed by atoms with Crippen molar-refractivity contribution in [2.45, 2.75) is 26.7 Å². The van der Waals surface area contributed by atoms with E-state index >= 15 is 0 Å². The first kappa shape index (κ1) is 9.78. The summed E-state index contributed by atoms with van der Waals surface area (Å²) in [5, 5.41) is 0. The fourth-order valence-electron chi connectivity index (χ4n) is 0.289. The van der Waals surface area contributed by atoms with Crippen LogP contribution in [0.1, 0.15) is 26.7 Å². The quantitative estimate of drug-likeness (QED) is 0.438. The van der Waals surface area contributed by atoms with Crippen molar-refractivity contribution in [3.63, 3.8) is 0 Å². The van der Waals surface area contributed by atoms with Crippen LogP contribution in [0.3, 0.4) is 0 Å².